The Balaban J connectivity index is 1.26. The standard InChI is InChI=1S/C35H35N7O5/c1-21-4-6-28(37-16-21)26-19-42(18-22-10-12-47-13-11-22)20-27(33(26)43)35(44)39-32-9-7-29(40-41-32)25-14-24(17-38-34(25)36)23-5-8-30(45-2)31(15-23)46-3/h4-9,14-17,19-20,22H,10-13,18H2,1-3H3,(H2,36,38)(H,39,41,44). The van der Waals surface area contributed by atoms with Crippen LogP contribution in [-0.4, -0.2) is 58.1 Å². The third-order valence-electron chi connectivity index (χ3n) is 8.14. The number of hydrogen-bond acceptors (Lipinski definition) is 10. The van der Waals surface area contributed by atoms with Gasteiger partial charge >= 0.3 is 0 Å². The lowest BCUT2D eigenvalue weighted by atomic mass is 10.00. The first-order chi connectivity index (χ1) is 22.8. The Morgan fingerprint density at radius 1 is 0.915 bits per heavy atom. The van der Waals surface area contributed by atoms with Gasteiger partial charge in [0.05, 0.1) is 31.2 Å². The summed E-state index contributed by atoms with van der Waals surface area (Å²) in [5, 5.41) is 11.3. The molecule has 0 aliphatic carbocycles. The highest BCUT2D eigenvalue weighted by Gasteiger charge is 2.21. The second kappa shape index (κ2) is 13.8. The second-order valence-corrected chi connectivity index (χ2v) is 11.4. The number of nitrogens with zero attached hydrogens (tertiary/aromatic N) is 5. The third-order valence-corrected chi connectivity index (χ3v) is 8.14. The van der Waals surface area contributed by atoms with Crippen LogP contribution in [0.3, 0.4) is 0 Å². The van der Waals surface area contributed by atoms with Crippen molar-refractivity contribution >= 4 is 17.5 Å². The molecule has 0 unspecified atom stereocenters. The summed E-state index contributed by atoms with van der Waals surface area (Å²) in [5.74, 6) is 1.41. The number of pyridine rings is 3. The number of aryl methyl sites for hydroxylation is 1. The van der Waals surface area contributed by atoms with Crippen molar-refractivity contribution in [2.45, 2.75) is 26.3 Å². The van der Waals surface area contributed by atoms with Gasteiger partial charge in [0.1, 0.15) is 11.4 Å². The number of ether oxygens (including phenoxy) is 3. The Kier molecular flexibility index (Phi) is 9.20. The van der Waals surface area contributed by atoms with Crippen LogP contribution in [0.2, 0.25) is 0 Å². The molecule has 3 N–H and O–H groups in total. The summed E-state index contributed by atoms with van der Waals surface area (Å²) in [6.07, 6.45) is 8.55. The Bertz CT molecular complexity index is 1950. The van der Waals surface area contributed by atoms with E-state index in [0.29, 0.717) is 59.7 Å². The van der Waals surface area contributed by atoms with Crippen molar-refractivity contribution in [3.63, 3.8) is 0 Å². The van der Waals surface area contributed by atoms with Crippen molar-refractivity contribution in [1.29, 1.82) is 0 Å². The Morgan fingerprint density at radius 3 is 2.40 bits per heavy atom. The summed E-state index contributed by atoms with van der Waals surface area (Å²) in [5.41, 5.74) is 10.3. The van der Waals surface area contributed by atoms with Crippen LogP contribution in [-0.2, 0) is 11.3 Å². The molecule has 5 aromatic rings. The first-order valence-corrected chi connectivity index (χ1v) is 15.2. The molecular weight excluding hydrogens is 598 g/mol. The van der Waals surface area contributed by atoms with Crippen LogP contribution in [0.15, 0.2) is 78.1 Å². The average molecular weight is 634 g/mol. The van der Waals surface area contributed by atoms with E-state index >= 15 is 0 Å². The van der Waals surface area contributed by atoms with E-state index in [1.807, 2.05) is 41.8 Å². The summed E-state index contributed by atoms with van der Waals surface area (Å²) < 4.78 is 18.2. The van der Waals surface area contributed by atoms with Gasteiger partial charge in [-0.25, -0.2) is 4.98 Å². The molecule has 12 heteroatoms. The molecular formula is C35H35N7O5. The van der Waals surface area contributed by atoms with Crippen LogP contribution >= 0.6 is 0 Å². The lowest BCUT2D eigenvalue weighted by molar-refractivity contribution is 0.0612. The van der Waals surface area contributed by atoms with Gasteiger partial charge < -0.3 is 29.8 Å². The summed E-state index contributed by atoms with van der Waals surface area (Å²) in [6.45, 7) is 3.97. The van der Waals surface area contributed by atoms with E-state index in [-0.39, 0.29) is 17.2 Å². The van der Waals surface area contributed by atoms with Crippen molar-refractivity contribution in [1.82, 2.24) is 24.7 Å². The van der Waals surface area contributed by atoms with Gasteiger partial charge in [-0.05, 0) is 73.2 Å². The molecule has 6 rings (SSSR count). The van der Waals surface area contributed by atoms with Crippen LogP contribution in [0.4, 0.5) is 11.6 Å². The molecule has 0 bridgehead atoms. The Labute approximate surface area is 271 Å². The zero-order chi connectivity index (χ0) is 32.9. The normalized spacial score (nSPS) is 13.3. The molecule has 1 aromatic carbocycles. The van der Waals surface area contributed by atoms with Gasteiger partial charge in [-0.2, -0.15) is 0 Å². The maximum absolute atomic E-state index is 13.6. The van der Waals surface area contributed by atoms with Crippen molar-refractivity contribution < 1.29 is 19.0 Å². The van der Waals surface area contributed by atoms with Gasteiger partial charge in [0.2, 0.25) is 5.43 Å². The van der Waals surface area contributed by atoms with Gasteiger partial charge in [0.25, 0.3) is 5.91 Å². The lowest BCUT2D eigenvalue weighted by Crippen LogP contribution is -2.27. The number of nitrogen functional groups attached to an aromatic ring is 1. The van der Waals surface area contributed by atoms with Crippen LogP contribution in [0.1, 0.15) is 28.8 Å². The molecule has 12 nitrogen and oxygen atoms in total. The smallest absolute Gasteiger partial charge is 0.262 e. The number of amides is 1. The average Bonchev–Trinajstić information content (AvgIpc) is 3.10. The van der Waals surface area contributed by atoms with Crippen molar-refractivity contribution in [3.8, 4) is 45.1 Å². The molecule has 0 saturated carbocycles. The lowest BCUT2D eigenvalue weighted by Gasteiger charge is -2.23. The Morgan fingerprint density at radius 2 is 1.70 bits per heavy atom. The largest absolute Gasteiger partial charge is 0.493 e. The fourth-order valence-electron chi connectivity index (χ4n) is 5.52. The molecule has 1 aliphatic heterocycles. The van der Waals surface area contributed by atoms with E-state index in [9.17, 15) is 9.59 Å². The Hall–Kier alpha value is -5.62. The zero-order valence-corrected chi connectivity index (χ0v) is 26.4. The van der Waals surface area contributed by atoms with E-state index in [2.05, 4.69) is 25.5 Å². The summed E-state index contributed by atoms with van der Waals surface area (Å²) in [7, 11) is 3.15. The predicted octanol–water partition coefficient (Wildman–Crippen LogP) is 5.02. The number of carbonyl (C=O) groups is 1. The minimum Gasteiger partial charge on any atom is -0.493 e. The fraction of sp³-hybridized carbons (Fsp3) is 0.257. The van der Waals surface area contributed by atoms with Crippen molar-refractivity contribution in [2.24, 2.45) is 5.92 Å². The van der Waals surface area contributed by atoms with Crippen LogP contribution in [0.25, 0.3) is 33.6 Å². The van der Waals surface area contributed by atoms with Gasteiger partial charge in [0, 0.05) is 55.7 Å². The monoisotopic (exact) mass is 633 g/mol. The van der Waals surface area contributed by atoms with E-state index in [1.54, 1.807) is 57.2 Å². The number of methoxy groups -OCH3 is 2. The van der Waals surface area contributed by atoms with Gasteiger partial charge in [0.15, 0.2) is 17.3 Å². The molecule has 1 saturated heterocycles. The minimum atomic E-state index is -0.594. The third kappa shape index (κ3) is 6.97. The number of anilines is 2. The molecule has 1 fully saturated rings. The summed E-state index contributed by atoms with van der Waals surface area (Å²) >= 11 is 0. The first kappa shape index (κ1) is 31.4. The second-order valence-electron chi connectivity index (χ2n) is 11.4. The number of nitrogens with two attached hydrogens (primary N) is 1. The number of carbonyl (C=O) groups excluding carboxylic acids is 1. The number of benzene rings is 1. The van der Waals surface area contributed by atoms with E-state index in [1.165, 1.54) is 0 Å². The topological polar surface area (TPSA) is 156 Å². The molecule has 0 spiro atoms. The number of hydrogen-bond donors (Lipinski definition) is 2. The van der Waals surface area contributed by atoms with Gasteiger partial charge in [-0.3, -0.25) is 14.6 Å². The fourth-order valence-corrected chi connectivity index (χ4v) is 5.52. The van der Waals surface area contributed by atoms with E-state index < -0.39 is 11.3 Å². The quantitative estimate of drug-likeness (QED) is 0.226. The maximum atomic E-state index is 13.6. The summed E-state index contributed by atoms with van der Waals surface area (Å²) in [4.78, 5) is 36.0. The molecule has 47 heavy (non-hydrogen) atoms. The molecule has 240 valence electrons. The highest BCUT2D eigenvalue weighted by atomic mass is 16.5. The predicted molar refractivity (Wildman–Crippen MR) is 178 cm³/mol. The van der Waals surface area contributed by atoms with Crippen LogP contribution in [0.5, 0.6) is 11.5 Å². The van der Waals surface area contributed by atoms with Gasteiger partial charge in [-0.1, -0.05) is 12.1 Å². The molecule has 0 atom stereocenters. The highest BCUT2D eigenvalue weighted by Crippen LogP contribution is 2.34. The SMILES string of the molecule is COc1ccc(-c2cnc(N)c(-c3ccc(NC(=O)c4cn(CC5CCOCC5)cc(-c5ccc(C)cn5)c4=O)nn3)c2)cc1OC. The van der Waals surface area contributed by atoms with Crippen molar-refractivity contribution in [3.05, 3.63) is 94.7 Å². The molecule has 4 aromatic heterocycles. The molecule has 1 amide bonds. The highest BCUT2D eigenvalue weighted by molar-refractivity contribution is 6.04. The molecule has 0 radical (unpaired) electrons. The maximum Gasteiger partial charge on any atom is 0.262 e. The zero-order valence-electron chi connectivity index (χ0n) is 26.4. The number of rotatable bonds is 9. The molecule has 5 heterocycles. The summed E-state index contributed by atoms with van der Waals surface area (Å²) in [6, 6.07) is 14.4. The van der Waals surface area contributed by atoms with E-state index in [4.69, 9.17) is 19.9 Å². The molecule has 1 aliphatic rings. The van der Waals surface area contributed by atoms with Crippen molar-refractivity contribution in [2.75, 3.05) is 38.5 Å². The minimum absolute atomic E-state index is 0.0149. The van der Waals surface area contributed by atoms with Crippen LogP contribution < -0.4 is 26.0 Å². The van der Waals surface area contributed by atoms with Gasteiger partial charge in [-0.15, -0.1) is 10.2 Å². The number of aromatic nitrogens is 5. The first-order valence-electron chi connectivity index (χ1n) is 15.2. The van der Waals surface area contributed by atoms with E-state index in [0.717, 1.165) is 29.5 Å². The van der Waals surface area contributed by atoms with Crippen LogP contribution in [0, 0.1) is 12.8 Å². The number of nitrogens with one attached hydrogen (secondary N) is 1.